The molecule has 7 heteroatoms. The molecule has 0 bridgehead atoms. The number of aromatic nitrogens is 5. The molecule has 0 fully saturated rings. The Bertz CT molecular complexity index is 913. The fraction of sp³-hybridized carbons (Fsp3) is 0.0667. The molecule has 0 aliphatic heterocycles. The number of tetrazole rings is 1. The molecule has 0 aliphatic carbocycles. The monoisotopic (exact) mass is 327 g/mol. The van der Waals surface area contributed by atoms with Gasteiger partial charge < -0.3 is 0 Å². The number of nitrogens with zero attached hydrogens (tertiary/aromatic N) is 5. The zero-order chi connectivity index (χ0) is 14.9. The predicted molar refractivity (Wildman–Crippen MR) is 87.0 cm³/mol. The van der Waals surface area contributed by atoms with E-state index in [-0.39, 0.29) is 0 Å². The third-order valence-electron chi connectivity index (χ3n) is 3.15. The van der Waals surface area contributed by atoms with Gasteiger partial charge in [-0.05, 0) is 29.5 Å². The average Bonchev–Trinajstić information content (AvgIpc) is 3.13. The summed E-state index contributed by atoms with van der Waals surface area (Å²) in [6, 6.07) is 15.5. The van der Waals surface area contributed by atoms with Crippen LogP contribution < -0.4 is 0 Å². The second-order valence-electron chi connectivity index (χ2n) is 4.73. The zero-order valence-electron chi connectivity index (χ0n) is 11.3. The van der Waals surface area contributed by atoms with E-state index >= 15 is 0 Å². The van der Waals surface area contributed by atoms with Gasteiger partial charge in [-0.15, -0.1) is 21.5 Å². The third kappa shape index (κ3) is 2.58. The number of rotatable bonds is 3. The van der Waals surface area contributed by atoms with Crippen LogP contribution in [0.15, 0.2) is 48.5 Å². The van der Waals surface area contributed by atoms with E-state index in [0.29, 0.717) is 17.4 Å². The van der Waals surface area contributed by atoms with Crippen LogP contribution in [0.2, 0.25) is 5.02 Å². The van der Waals surface area contributed by atoms with Crippen LogP contribution in [0.1, 0.15) is 5.01 Å². The highest BCUT2D eigenvalue weighted by Gasteiger charge is 2.09. The Hall–Kier alpha value is -2.31. The predicted octanol–water partition coefficient (Wildman–Crippen LogP) is 3.65. The quantitative estimate of drug-likeness (QED) is 0.576. The topological polar surface area (TPSA) is 56.5 Å². The third-order valence-corrected chi connectivity index (χ3v) is 4.41. The van der Waals surface area contributed by atoms with Crippen molar-refractivity contribution in [1.29, 1.82) is 0 Å². The molecular formula is C15H10ClN5S. The number of hydrogen-bond acceptors (Lipinski definition) is 5. The van der Waals surface area contributed by atoms with Crippen LogP contribution in [0.3, 0.4) is 0 Å². The van der Waals surface area contributed by atoms with Gasteiger partial charge in [0, 0.05) is 10.6 Å². The van der Waals surface area contributed by atoms with Gasteiger partial charge in [-0.2, -0.15) is 4.80 Å². The number of benzene rings is 2. The first-order valence-corrected chi connectivity index (χ1v) is 7.85. The van der Waals surface area contributed by atoms with Crippen molar-refractivity contribution in [3.8, 4) is 11.4 Å². The molecule has 0 atom stereocenters. The van der Waals surface area contributed by atoms with Crippen LogP contribution in [0.25, 0.3) is 21.6 Å². The molecule has 0 spiro atoms. The molecule has 0 radical (unpaired) electrons. The van der Waals surface area contributed by atoms with Gasteiger partial charge in [-0.3, -0.25) is 0 Å². The fourth-order valence-electron chi connectivity index (χ4n) is 2.16. The highest BCUT2D eigenvalue weighted by atomic mass is 35.5. The number of hydrogen-bond donors (Lipinski definition) is 0. The van der Waals surface area contributed by atoms with Crippen LogP contribution in [-0.4, -0.2) is 25.2 Å². The molecule has 0 unspecified atom stereocenters. The van der Waals surface area contributed by atoms with Crippen LogP contribution in [0, 0.1) is 0 Å². The van der Waals surface area contributed by atoms with Gasteiger partial charge in [0.05, 0.1) is 10.2 Å². The van der Waals surface area contributed by atoms with Crippen LogP contribution >= 0.6 is 22.9 Å². The molecule has 108 valence electrons. The maximum absolute atomic E-state index is 5.99. The van der Waals surface area contributed by atoms with E-state index in [1.807, 2.05) is 42.5 Å². The number of fused-ring (bicyclic) bond motifs is 1. The van der Waals surface area contributed by atoms with Crippen molar-refractivity contribution in [2.75, 3.05) is 0 Å². The number of halogens is 1. The lowest BCUT2D eigenvalue weighted by Crippen LogP contribution is -2.03. The standard InChI is InChI=1S/C15H10ClN5S/c16-11-5-3-4-10(8-11)15-18-20-21(19-15)9-14-17-12-6-1-2-7-13(12)22-14/h1-8H,9H2. The van der Waals surface area contributed by atoms with E-state index < -0.39 is 0 Å². The summed E-state index contributed by atoms with van der Waals surface area (Å²) >= 11 is 7.62. The van der Waals surface area contributed by atoms with Crippen LogP contribution in [-0.2, 0) is 6.54 Å². The van der Waals surface area contributed by atoms with Crippen molar-refractivity contribution in [1.82, 2.24) is 25.2 Å². The molecule has 0 amide bonds. The van der Waals surface area contributed by atoms with Gasteiger partial charge >= 0.3 is 0 Å². The average molecular weight is 328 g/mol. The lowest BCUT2D eigenvalue weighted by molar-refractivity contribution is 0.571. The highest BCUT2D eigenvalue weighted by molar-refractivity contribution is 7.18. The molecule has 5 nitrogen and oxygen atoms in total. The second-order valence-corrected chi connectivity index (χ2v) is 6.28. The van der Waals surface area contributed by atoms with E-state index in [1.165, 1.54) is 0 Å². The van der Waals surface area contributed by atoms with E-state index in [4.69, 9.17) is 11.6 Å². The van der Waals surface area contributed by atoms with Gasteiger partial charge in [0.1, 0.15) is 11.6 Å². The minimum absolute atomic E-state index is 0.507. The van der Waals surface area contributed by atoms with E-state index in [1.54, 1.807) is 16.1 Å². The van der Waals surface area contributed by atoms with Crippen molar-refractivity contribution >= 4 is 33.2 Å². The van der Waals surface area contributed by atoms with Gasteiger partial charge in [-0.25, -0.2) is 4.98 Å². The highest BCUT2D eigenvalue weighted by Crippen LogP contribution is 2.22. The molecule has 0 saturated heterocycles. The minimum Gasteiger partial charge on any atom is -0.239 e. The van der Waals surface area contributed by atoms with E-state index in [2.05, 4.69) is 26.5 Å². The summed E-state index contributed by atoms with van der Waals surface area (Å²) in [5, 5.41) is 14.2. The van der Waals surface area contributed by atoms with Gasteiger partial charge in [0.2, 0.25) is 5.82 Å². The molecular weight excluding hydrogens is 318 g/mol. The molecule has 0 N–H and O–H groups in total. The Morgan fingerprint density at radius 1 is 1.09 bits per heavy atom. The molecule has 2 aromatic heterocycles. The van der Waals surface area contributed by atoms with Crippen molar-refractivity contribution in [2.45, 2.75) is 6.54 Å². The Kier molecular flexibility index (Phi) is 3.32. The first kappa shape index (κ1) is 13.4. The largest absolute Gasteiger partial charge is 0.239 e. The normalized spacial score (nSPS) is 11.1. The van der Waals surface area contributed by atoms with Crippen LogP contribution in [0.4, 0.5) is 0 Å². The lowest BCUT2D eigenvalue weighted by Gasteiger charge is -1.95. The van der Waals surface area contributed by atoms with E-state index in [9.17, 15) is 0 Å². The fourth-order valence-corrected chi connectivity index (χ4v) is 3.29. The number of para-hydroxylation sites is 1. The zero-order valence-corrected chi connectivity index (χ0v) is 12.9. The van der Waals surface area contributed by atoms with Gasteiger partial charge in [-0.1, -0.05) is 35.9 Å². The maximum atomic E-state index is 5.99. The molecule has 2 heterocycles. The van der Waals surface area contributed by atoms with Gasteiger partial charge in [0.15, 0.2) is 0 Å². The number of thiazole rings is 1. The SMILES string of the molecule is Clc1cccc(-c2nnn(Cc3nc4ccccc4s3)n2)c1. The van der Waals surface area contributed by atoms with Crippen molar-refractivity contribution < 1.29 is 0 Å². The Balaban J connectivity index is 1.61. The lowest BCUT2D eigenvalue weighted by atomic mass is 10.2. The summed E-state index contributed by atoms with van der Waals surface area (Å²) in [5.41, 5.74) is 1.85. The second kappa shape index (κ2) is 5.47. The molecule has 0 aliphatic rings. The summed E-state index contributed by atoms with van der Waals surface area (Å²) in [5.74, 6) is 0.559. The van der Waals surface area contributed by atoms with Crippen LogP contribution in [0.5, 0.6) is 0 Å². The first-order valence-electron chi connectivity index (χ1n) is 6.66. The molecule has 4 rings (SSSR count). The Morgan fingerprint density at radius 2 is 2.00 bits per heavy atom. The summed E-state index contributed by atoms with van der Waals surface area (Å²) in [6.07, 6.45) is 0. The summed E-state index contributed by atoms with van der Waals surface area (Å²) in [6.45, 7) is 0.507. The molecule has 2 aromatic carbocycles. The summed E-state index contributed by atoms with van der Waals surface area (Å²) < 4.78 is 1.16. The Morgan fingerprint density at radius 3 is 2.86 bits per heavy atom. The summed E-state index contributed by atoms with van der Waals surface area (Å²) in [4.78, 5) is 6.12. The summed E-state index contributed by atoms with van der Waals surface area (Å²) in [7, 11) is 0. The van der Waals surface area contributed by atoms with Gasteiger partial charge in [0.25, 0.3) is 0 Å². The molecule has 0 saturated carbocycles. The minimum atomic E-state index is 0.507. The van der Waals surface area contributed by atoms with Crippen molar-refractivity contribution in [3.63, 3.8) is 0 Å². The molecule has 22 heavy (non-hydrogen) atoms. The Labute approximate surface area is 135 Å². The van der Waals surface area contributed by atoms with Crippen molar-refractivity contribution in [3.05, 3.63) is 58.6 Å². The first-order chi connectivity index (χ1) is 10.8. The maximum Gasteiger partial charge on any atom is 0.204 e. The smallest absolute Gasteiger partial charge is 0.204 e. The molecule has 4 aromatic rings. The van der Waals surface area contributed by atoms with E-state index in [0.717, 1.165) is 20.8 Å². The van der Waals surface area contributed by atoms with Crippen molar-refractivity contribution in [2.24, 2.45) is 0 Å².